The Hall–Kier alpha value is -1.60. The summed E-state index contributed by atoms with van der Waals surface area (Å²) in [6, 6.07) is 6.47. The Morgan fingerprint density at radius 2 is 1.88 bits per heavy atom. The summed E-state index contributed by atoms with van der Waals surface area (Å²) < 4.78 is 24.4. The molecule has 0 spiro atoms. The number of nitrogens with two attached hydrogens (primary N) is 1. The maximum atomic E-state index is 11.1. The summed E-state index contributed by atoms with van der Waals surface area (Å²) in [5.41, 5.74) is 5.84. The normalized spacial score (nSPS) is 10.9. The van der Waals surface area contributed by atoms with E-state index in [9.17, 15) is 13.2 Å². The molecule has 0 aliphatic rings. The second-order valence-corrected chi connectivity index (χ2v) is 4.92. The Balaban J connectivity index is 2.96. The Morgan fingerprint density at radius 3 is 2.38 bits per heavy atom. The minimum atomic E-state index is -3.37. The number of carbonyl (C=O) groups is 1. The fourth-order valence-corrected chi connectivity index (χ4v) is 1.66. The number of hydrogen-bond acceptors (Lipinski definition) is 4. The van der Waals surface area contributed by atoms with Gasteiger partial charge < -0.3 is 11.1 Å². The van der Waals surface area contributed by atoms with Gasteiger partial charge in [-0.05, 0) is 12.1 Å². The zero-order chi connectivity index (χ0) is 12.2. The quantitative estimate of drug-likeness (QED) is 0.690. The lowest BCUT2D eigenvalue weighted by Gasteiger charge is -2.10. The second-order valence-electron chi connectivity index (χ2n) is 3.17. The number of rotatable bonds is 4. The molecule has 0 aliphatic carbocycles. The van der Waals surface area contributed by atoms with Crippen molar-refractivity contribution in [3.05, 3.63) is 24.3 Å². The van der Waals surface area contributed by atoms with Crippen LogP contribution in [0.1, 0.15) is 0 Å². The zero-order valence-electron chi connectivity index (χ0n) is 8.73. The van der Waals surface area contributed by atoms with E-state index in [2.05, 4.69) is 10.0 Å². The van der Waals surface area contributed by atoms with Crippen LogP contribution in [0.2, 0.25) is 0 Å². The second kappa shape index (κ2) is 4.95. The molecule has 1 aromatic carbocycles. The van der Waals surface area contributed by atoms with Crippen LogP contribution in [-0.4, -0.2) is 27.1 Å². The van der Waals surface area contributed by atoms with E-state index in [0.29, 0.717) is 11.4 Å². The van der Waals surface area contributed by atoms with Gasteiger partial charge in [0.05, 0.1) is 24.2 Å². The first kappa shape index (κ1) is 12.5. The molecule has 88 valence electrons. The highest BCUT2D eigenvalue weighted by Gasteiger charge is 2.08. The number of anilines is 2. The number of carbonyl (C=O) groups excluding carboxylic acids is 1. The molecule has 1 amide bonds. The number of benzene rings is 1. The molecule has 0 heterocycles. The Labute approximate surface area is 93.9 Å². The van der Waals surface area contributed by atoms with Crippen LogP contribution >= 0.6 is 0 Å². The van der Waals surface area contributed by atoms with Gasteiger partial charge in [0.25, 0.3) is 0 Å². The molecule has 4 N–H and O–H groups in total. The lowest BCUT2D eigenvalue weighted by molar-refractivity contribution is -0.114. The van der Waals surface area contributed by atoms with Crippen molar-refractivity contribution in [3.8, 4) is 0 Å². The highest BCUT2D eigenvalue weighted by molar-refractivity contribution is 7.92. The summed E-state index contributed by atoms with van der Waals surface area (Å²) in [6.07, 6.45) is 1.04. The van der Waals surface area contributed by atoms with Crippen LogP contribution in [0.5, 0.6) is 0 Å². The van der Waals surface area contributed by atoms with Gasteiger partial charge in [0.1, 0.15) is 0 Å². The van der Waals surface area contributed by atoms with Crippen molar-refractivity contribution in [1.29, 1.82) is 0 Å². The molecule has 0 saturated carbocycles. The smallest absolute Gasteiger partial charge is 0.238 e. The van der Waals surface area contributed by atoms with E-state index < -0.39 is 10.0 Å². The summed E-state index contributed by atoms with van der Waals surface area (Å²) in [5, 5.41) is 2.49. The van der Waals surface area contributed by atoms with Crippen LogP contribution in [0.15, 0.2) is 24.3 Å². The number of amides is 1. The lowest BCUT2D eigenvalue weighted by atomic mass is 10.2. The van der Waals surface area contributed by atoms with Crippen molar-refractivity contribution in [2.75, 3.05) is 22.8 Å². The van der Waals surface area contributed by atoms with E-state index in [4.69, 9.17) is 5.73 Å². The van der Waals surface area contributed by atoms with E-state index in [-0.39, 0.29) is 12.5 Å². The SMILES string of the molecule is CS(=O)(=O)Nc1ccccc1NC(=O)CN. The number of hydrogen-bond donors (Lipinski definition) is 3. The largest absolute Gasteiger partial charge is 0.323 e. The standard InChI is InChI=1S/C9H13N3O3S/c1-16(14,15)12-8-5-3-2-4-7(8)11-9(13)6-10/h2-5,12H,6,10H2,1H3,(H,11,13). The van der Waals surface area contributed by atoms with Gasteiger partial charge in [0.15, 0.2) is 0 Å². The van der Waals surface area contributed by atoms with Gasteiger partial charge in [0, 0.05) is 0 Å². The van der Waals surface area contributed by atoms with Crippen LogP contribution in [-0.2, 0) is 14.8 Å². The van der Waals surface area contributed by atoms with Gasteiger partial charge in [-0.1, -0.05) is 12.1 Å². The topological polar surface area (TPSA) is 101 Å². The van der Waals surface area contributed by atoms with Crippen molar-refractivity contribution < 1.29 is 13.2 Å². The molecule has 1 rings (SSSR count). The molecule has 0 bridgehead atoms. The van der Waals surface area contributed by atoms with Crippen LogP contribution < -0.4 is 15.8 Å². The number of sulfonamides is 1. The Kier molecular flexibility index (Phi) is 3.86. The molecule has 0 saturated heterocycles. The highest BCUT2D eigenvalue weighted by atomic mass is 32.2. The lowest BCUT2D eigenvalue weighted by Crippen LogP contribution is -2.23. The van der Waals surface area contributed by atoms with E-state index >= 15 is 0 Å². The monoisotopic (exact) mass is 243 g/mol. The minimum Gasteiger partial charge on any atom is -0.323 e. The maximum absolute atomic E-state index is 11.1. The number of nitrogens with one attached hydrogen (secondary N) is 2. The minimum absolute atomic E-state index is 0.160. The van der Waals surface area contributed by atoms with Crippen LogP contribution in [0.3, 0.4) is 0 Å². The van der Waals surface area contributed by atoms with Crippen LogP contribution in [0.25, 0.3) is 0 Å². The first-order chi connectivity index (χ1) is 7.42. The predicted octanol–water partition coefficient (Wildman–Crippen LogP) is -0.0447. The van der Waals surface area contributed by atoms with E-state index in [1.807, 2.05) is 0 Å². The molecule has 1 aromatic rings. The van der Waals surface area contributed by atoms with E-state index in [0.717, 1.165) is 6.26 Å². The first-order valence-corrected chi connectivity index (χ1v) is 6.38. The third kappa shape index (κ3) is 3.87. The molecule has 16 heavy (non-hydrogen) atoms. The Morgan fingerprint density at radius 1 is 1.31 bits per heavy atom. The molecule has 0 unspecified atom stereocenters. The fraction of sp³-hybridized carbons (Fsp3) is 0.222. The molecular formula is C9H13N3O3S. The molecule has 0 atom stereocenters. The molecule has 7 heteroatoms. The van der Waals surface area contributed by atoms with Crippen LogP contribution in [0, 0.1) is 0 Å². The number of para-hydroxylation sites is 2. The average molecular weight is 243 g/mol. The molecule has 0 aromatic heterocycles. The summed E-state index contributed by atoms with van der Waals surface area (Å²) >= 11 is 0. The maximum Gasteiger partial charge on any atom is 0.238 e. The van der Waals surface area contributed by atoms with E-state index in [1.54, 1.807) is 24.3 Å². The third-order valence-corrected chi connectivity index (χ3v) is 2.27. The van der Waals surface area contributed by atoms with Crippen LogP contribution in [0.4, 0.5) is 11.4 Å². The summed E-state index contributed by atoms with van der Waals surface area (Å²) in [7, 11) is -3.37. The van der Waals surface area contributed by atoms with Crippen molar-refractivity contribution in [2.24, 2.45) is 5.73 Å². The van der Waals surface area contributed by atoms with Gasteiger partial charge in [-0.25, -0.2) is 8.42 Å². The first-order valence-electron chi connectivity index (χ1n) is 4.49. The van der Waals surface area contributed by atoms with Gasteiger partial charge in [-0.3, -0.25) is 9.52 Å². The Bertz CT molecular complexity index is 485. The molecule has 0 radical (unpaired) electrons. The zero-order valence-corrected chi connectivity index (χ0v) is 9.54. The molecule has 0 aliphatic heterocycles. The van der Waals surface area contributed by atoms with Crippen molar-refractivity contribution in [3.63, 3.8) is 0 Å². The molecular weight excluding hydrogens is 230 g/mol. The molecule has 6 nitrogen and oxygen atoms in total. The van der Waals surface area contributed by atoms with E-state index in [1.165, 1.54) is 0 Å². The van der Waals surface area contributed by atoms with Crippen molar-refractivity contribution >= 4 is 27.3 Å². The summed E-state index contributed by atoms with van der Waals surface area (Å²) in [5.74, 6) is -0.386. The predicted molar refractivity (Wildman–Crippen MR) is 62.6 cm³/mol. The highest BCUT2D eigenvalue weighted by Crippen LogP contribution is 2.21. The van der Waals surface area contributed by atoms with Gasteiger partial charge in [-0.2, -0.15) is 0 Å². The summed E-state index contributed by atoms with van der Waals surface area (Å²) in [4.78, 5) is 11.1. The van der Waals surface area contributed by atoms with Crippen molar-refractivity contribution in [1.82, 2.24) is 0 Å². The van der Waals surface area contributed by atoms with Gasteiger partial charge >= 0.3 is 0 Å². The summed E-state index contributed by atoms with van der Waals surface area (Å²) in [6.45, 7) is -0.160. The van der Waals surface area contributed by atoms with Crippen molar-refractivity contribution in [2.45, 2.75) is 0 Å². The third-order valence-electron chi connectivity index (χ3n) is 1.68. The van der Waals surface area contributed by atoms with Gasteiger partial charge in [-0.15, -0.1) is 0 Å². The molecule has 0 fully saturated rings. The van der Waals surface area contributed by atoms with Gasteiger partial charge in [0.2, 0.25) is 15.9 Å². The fourth-order valence-electron chi connectivity index (χ4n) is 1.08. The average Bonchev–Trinajstić information content (AvgIpc) is 2.18.